The molecule has 5 heteroatoms. The molecule has 1 aliphatic rings. The summed E-state index contributed by atoms with van der Waals surface area (Å²) in [6, 6.07) is 21.8. The monoisotopic (exact) mass is 384 g/mol. The van der Waals surface area contributed by atoms with E-state index in [1.807, 2.05) is 24.3 Å². The number of hydrogen-bond donors (Lipinski definition) is 1. The van der Waals surface area contributed by atoms with E-state index in [9.17, 15) is 9.59 Å². The van der Waals surface area contributed by atoms with E-state index in [-0.39, 0.29) is 11.7 Å². The van der Waals surface area contributed by atoms with E-state index in [0.717, 1.165) is 17.6 Å². The quantitative estimate of drug-likeness (QED) is 0.482. The summed E-state index contributed by atoms with van der Waals surface area (Å²) < 4.78 is 6.81. The number of fused-ring (bicyclic) bond motifs is 4. The molecule has 1 N–H and O–H groups in total. The molecule has 0 fully saturated rings. The van der Waals surface area contributed by atoms with Crippen molar-refractivity contribution in [1.82, 2.24) is 4.57 Å². The van der Waals surface area contributed by atoms with E-state index in [1.165, 1.54) is 22.3 Å². The van der Waals surface area contributed by atoms with Crippen molar-refractivity contribution >= 4 is 22.7 Å². The Morgan fingerprint density at radius 3 is 2.69 bits per heavy atom. The Morgan fingerprint density at radius 2 is 1.76 bits per heavy atom. The minimum Gasteiger partial charge on any atom is -0.408 e. The molecule has 0 saturated carbocycles. The Hall–Kier alpha value is -3.60. The van der Waals surface area contributed by atoms with Gasteiger partial charge in [0.1, 0.15) is 0 Å². The van der Waals surface area contributed by atoms with E-state index < -0.39 is 0 Å². The minimum absolute atomic E-state index is 0.0543. The Bertz CT molecular complexity index is 1280. The van der Waals surface area contributed by atoms with Crippen LogP contribution in [-0.4, -0.2) is 10.5 Å². The summed E-state index contributed by atoms with van der Waals surface area (Å²) in [6.45, 7) is 0.447. The molecule has 3 aromatic carbocycles. The fourth-order valence-corrected chi connectivity index (χ4v) is 4.07. The lowest BCUT2D eigenvalue weighted by Crippen LogP contribution is -2.17. The van der Waals surface area contributed by atoms with Crippen LogP contribution >= 0.6 is 0 Å². The zero-order valence-corrected chi connectivity index (χ0v) is 15.9. The fraction of sp³-hybridized carbons (Fsp3) is 0.167. The first kappa shape index (κ1) is 17.5. The Morgan fingerprint density at radius 1 is 0.966 bits per heavy atom. The summed E-state index contributed by atoms with van der Waals surface area (Å²) in [7, 11) is 0. The highest BCUT2D eigenvalue weighted by Gasteiger charge is 2.18. The summed E-state index contributed by atoms with van der Waals surface area (Å²) in [4.78, 5) is 24.4. The molecule has 0 bridgehead atoms. The third-order valence-corrected chi connectivity index (χ3v) is 5.44. The van der Waals surface area contributed by atoms with Crippen molar-refractivity contribution in [3.63, 3.8) is 0 Å². The second-order valence-electron chi connectivity index (χ2n) is 7.34. The van der Waals surface area contributed by atoms with Crippen LogP contribution in [0.3, 0.4) is 0 Å². The minimum atomic E-state index is -0.384. The maximum Gasteiger partial charge on any atom is 0.419 e. The van der Waals surface area contributed by atoms with Gasteiger partial charge in [0, 0.05) is 18.7 Å². The fourth-order valence-electron chi connectivity index (χ4n) is 4.07. The number of aryl methyl sites for hydroxylation is 1. The Balaban J connectivity index is 1.22. The number of para-hydroxylation sites is 2. The van der Waals surface area contributed by atoms with Crippen LogP contribution < -0.4 is 11.1 Å². The molecular weight excluding hydrogens is 364 g/mol. The van der Waals surface area contributed by atoms with Crippen LogP contribution in [0.4, 0.5) is 5.69 Å². The number of oxazole rings is 1. The molecule has 144 valence electrons. The second kappa shape index (κ2) is 7.09. The lowest BCUT2D eigenvalue weighted by Gasteiger charge is -2.08. The highest BCUT2D eigenvalue weighted by Crippen LogP contribution is 2.37. The highest BCUT2D eigenvalue weighted by molar-refractivity contribution is 5.91. The lowest BCUT2D eigenvalue weighted by atomic mass is 10.1. The normalized spacial score (nSPS) is 12.0. The van der Waals surface area contributed by atoms with Crippen LogP contribution in [0.25, 0.3) is 22.2 Å². The van der Waals surface area contributed by atoms with Gasteiger partial charge in [0.15, 0.2) is 5.58 Å². The zero-order chi connectivity index (χ0) is 19.8. The van der Waals surface area contributed by atoms with E-state index >= 15 is 0 Å². The molecule has 29 heavy (non-hydrogen) atoms. The number of aromatic nitrogens is 1. The van der Waals surface area contributed by atoms with Gasteiger partial charge < -0.3 is 9.73 Å². The second-order valence-corrected chi connectivity index (χ2v) is 7.34. The van der Waals surface area contributed by atoms with Crippen molar-refractivity contribution in [3.05, 3.63) is 88.4 Å². The van der Waals surface area contributed by atoms with Crippen molar-refractivity contribution in [3.8, 4) is 11.1 Å². The van der Waals surface area contributed by atoms with E-state index in [4.69, 9.17) is 4.42 Å². The average molecular weight is 384 g/mol. The van der Waals surface area contributed by atoms with Gasteiger partial charge in [-0.3, -0.25) is 9.36 Å². The molecule has 1 aliphatic carbocycles. The number of nitrogens with zero attached hydrogens (tertiary/aromatic N) is 1. The van der Waals surface area contributed by atoms with Gasteiger partial charge in [-0.25, -0.2) is 4.79 Å². The van der Waals surface area contributed by atoms with Gasteiger partial charge in [-0.2, -0.15) is 0 Å². The van der Waals surface area contributed by atoms with E-state index in [0.29, 0.717) is 25.0 Å². The first-order valence-electron chi connectivity index (χ1n) is 9.78. The van der Waals surface area contributed by atoms with Crippen molar-refractivity contribution in [2.24, 2.45) is 0 Å². The number of hydrogen-bond acceptors (Lipinski definition) is 3. The molecule has 4 aromatic rings. The highest BCUT2D eigenvalue weighted by atomic mass is 16.4. The first-order valence-corrected chi connectivity index (χ1v) is 9.78. The number of benzene rings is 3. The number of nitrogens with one attached hydrogen (secondary N) is 1. The Kier molecular flexibility index (Phi) is 4.28. The molecule has 0 radical (unpaired) electrons. The van der Waals surface area contributed by atoms with Crippen LogP contribution in [0.5, 0.6) is 0 Å². The van der Waals surface area contributed by atoms with Gasteiger partial charge in [-0.1, -0.05) is 42.5 Å². The lowest BCUT2D eigenvalue weighted by molar-refractivity contribution is -0.116. The maximum atomic E-state index is 12.4. The molecular formula is C24H20N2O3. The van der Waals surface area contributed by atoms with Gasteiger partial charge in [0.25, 0.3) is 0 Å². The van der Waals surface area contributed by atoms with E-state index in [1.54, 1.807) is 10.6 Å². The van der Waals surface area contributed by atoms with Gasteiger partial charge in [-0.05, 0) is 59.4 Å². The summed E-state index contributed by atoms with van der Waals surface area (Å²) in [6.07, 6.45) is 1.79. The molecule has 0 spiro atoms. The predicted molar refractivity (Wildman–Crippen MR) is 113 cm³/mol. The summed E-state index contributed by atoms with van der Waals surface area (Å²) in [5.74, 6) is -0.439. The SMILES string of the molecule is O=C(CCCn1c(=O)oc2ccccc21)Nc1ccc2c(c1)Cc1ccccc1-2. The molecule has 5 nitrogen and oxygen atoms in total. The van der Waals surface area contributed by atoms with Crippen LogP contribution in [-0.2, 0) is 17.8 Å². The topological polar surface area (TPSA) is 64.2 Å². The summed E-state index contributed by atoms with van der Waals surface area (Å²) in [5, 5.41) is 2.98. The van der Waals surface area contributed by atoms with Crippen molar-refractivity contribution < 1.29 is 9.21 Å². The molecule has 5 rings (SSSR count). The van der Waals surface area contributed by atoms with Gasteiger partial charge in [0.2, 0.25) is 5.91 Å². The number of carbonyl (C=O) groups is 1. The van der Waals surface area contributed by atoms with Gasteiger partial charge in [-0.15, -0.1) is 0 Å². The third kappa shape index (κ3) is 3.25. The molecule has 1 amide bonds. The number of rotatable bonds is 5. The van der Waals surface area contributed by atoms with Crippen molar-refractivity contribution in [2.75, 3.05) is 5.32 Å². The molecule has 0 atom stereocenters. The molecule has 0 saturated heterocycles. The van der Waals surface area contributed by atoms with Crippen LogP contribution in [0.1, 0.15) is 24.0 Å². The third-order valence-electron chi connectivity index (χ3n) is 5.44. The van der Waals surface area contributed by atoms with E-state index in [2.05, 4.69) is 41.7 Å². The van der Waals surface area contributed by atoms with Crippen LogP contribution in [0.2, 0.25) is 0 Å². The summed E-state index contributed by atoms with van der Waals surface area (Å²) >= 11 is 0. The van der Waals surface area contributed by atoms with Crippen molar-refractivity contribution in [1.29, 1.82) is 0 Å². The maximum absolute atomic E-state index is 12.4. The zero-order valence-electron chi connectivity index (χ0n) is 15.9. The number of carbonyl (C=O) groups excluding carboxylic acids is 1. The first-order chi connectivity index (χ1) is 14.2. The van der Waals surface area contributed by atoms with Gasteiger partial charge >= 0.3 is 5.76 Å². The molecule has 0 unspecified atom stereocenters. The van der Waals surface area contributed by atoms with Crippen LogP contribution in [0, 0.1) is 0 Å². The molecule has 1 heterocycles. The predicted octanol–water partition coefficient (Wildman–Crippen LogP) is 4.58. The molecule has 1 aromatic heterocycles. The standard InChI is InChI=1S/C24H20N2O3/c27-23(10-5-13-26-21-8-3-4-9-22(21)29-24(26)28)25-18-11-12-20-17(15-18)14-16-6-1-2-7-19(16)20/h1-4,6-9,11-12,15H,5,10,13-14H2,(H,25,27). The largest absolute Gasteiger partial charge is 0.419 e. The van der Waals surface area contributed by atoms with Gasteiger partial charge in [0.05, 0.1) is 5.52 Å². The summed E-state index contributed by atoms with van der Waals surface area (Å²) in [5.41, 5.74) is 7.22. The average Bonchev–Trinajstić information content (AvgIpc) is 3.24. The molecule has 0 aliphatic heterocycles. The number of amides is 1. The van der Waals surface area contributed by atoms with Crippen molar-refractivity contribution in [2.45, 2.75) is 25.8 Å². The van der Waals surface area contributed by atoms with Crippen LogP contribution in [0.15, 0.2) is 75.9 Å². The Labute approximate surface area is 167 Å². The number of anilines is 1. The smallest absolute Gasteiger partial charge is 0.408 e.